The second kappa shape index (κ2) is 8.45. The fraction of sp³-hybridized carbons (Fsp3) is 0.500. The van der Waals surface area contributed by atoms with Crippen LogP contribution in [-0.2, 0) is 14.8 Å². The van der Waals surface area contributed by atoms with E-state index < -0.39 is 15.6 Å². The number of hydrogen-bond donors (Lipinski definition) is 1. The van der Waals surface area contributed by atoms with Gasteiger partial charge in [0.1, 0.15) is 5.58 Å². The lowest BCUT2D eigenvalue weighted by Crippen LogP contribution is -2.49. The van der Waals surface area contributed by atoms with Crippen LogP contribution in [0.3, 0.4) is 0 Å². The van der Waals surface area contributed by atoms with Crippen molar-refractivity contribution in [2.75, 3.05) is 13.1 Å². The molecule has 1 amide bonds. The molecule has 28 heavy (non-hydrogen) atoms. The van der Waals surface area contributed by atoms with Crippen molar-refractivity contribution in [3.05, 3.63) is 40.8 Å². The van der Waals surface area contributed by atoms with Gasteiger partial charge in [-0.25, -0.2) is 13.2 Å². The number of carbonyl (C=O) groups is 1. The van der Waals surface area contributed by atoms with Crippen molar-refractivity contribution in [3.63, 3.8) is 0 Å². The van der Waals surface area contributed by atoms with E-state index in [4.69, 9.17) is 4.42 Å². The zero-order valence-electron chi connectivity index (χ0n) is 16.2. The van der Waals surface area contributed by atoms with Gasteiger partial charge in [-0.15, -0.1) is 0 Å². The lowest BCUT2D eigenvalue weighted by atomic mass is 9.94. The largest absolute Gasteiger partial charge is 0.423 e. The Morgan fingerprint density at radius 2 is 2.04 bits per heavy atom. The fourth-order valence-electron chi connectivity index (χ4n) is 3.50. The summed E-state index contributed by atoms with van der Waals surface area (Å²) in [6, 6.07) is 7.06. The van der Waals surface area contributed by atoms with E-state index in [1.807, 2.05) is 6.92 Å². The third kappa shape index (κ3) is 4.28. The molecule has 7 nitrogen and oxygen atoms in total. The van der Waals surface area contributed by atoms with Crippen molar-refractivity contribution in [2.24, 2.45) is 5.92 Å². The number of piperidine rings is 1. The SMILES string of the molecule is CCCCNC(=O)C1CCC(C)N(S(=O)(=O)c2ccc3oc(=O)ccc3c2)C1. The average molecular weight is 407 g/mol. The Bertz CT molecular complexity index is 1010. The van der Waals surface area contributed by atoms with Gasteiger partial charge >= 0.3 is 5.63 Å². The lowest BCUT2D eigenvalue weighted by molar-refractivity contribution is -0.126. The summed E-state index contributed by atoms with van der Waals surface area (Å²) < 4.78 is 33.0. The number of rotatable bonds is 6. The van der Waals surface area contributed by atoms with Crippen LogP contribution in [0.2, 0.25) is 0 Å². The van der Waals surface area contributed by atoms with Crippen LogP contribution in [-0.4, -0.2) is 37.8 Å². The Morgan fingerprint density at radius 1 is 1.25 bits per heavy atom. The molecule has 1 fully saturated rings. The highest BCUT2D eigenvalue weighted by Crippen LogP contribution is 2.29. The molecule has 0 radical (unpaired) electrons. The Morgan fingerprint density at radius 3 is 2.79 bits per heavy atom. The standard InChI is InChI=1S/C20H26N2O5S/c1-3-4-11-21-20(24)16-6-5-14(2)22(13-16)28(25,26)17-8-9-18-15(12-17)7-10-19(23)27-18/h7-10,12,14,16H,3-6,11,13H2,1-2H3,(H,21,24). The van der Waals surface area contributed by atoms with Crippen LogP contribution in [0.25, 0.3) is 11.0 Å². The number of benzene rings is 1. The fourth-order valence-corrected chi connectivity index (χ4v) is 5.24. The van der Waals surface area contributed by atoms with E-state index in [-0.39, 0.29) is 29.3 Å². The first kappa shape index (κ1) is 20.5. The summed E-state index contributed by atoms with van der Waals surface area (Å²) in [6.07, 6.45) is 3.20. The van der Waals surface area contributed by atoms with Gasteiger partial charge in [0.15, 0.2) is 0 Å². The van der Waals surface area contributed by atoms with Gasteiger partial charge in [-0.1, -0.05) is 13.3 Å². The molecule has 1 aromatic carbocycles. The first-order valence-corrected chi connectivity index (χ1v) is 11.1. The molecule has 0 bridgehead atoms. The minimum absolute atomic E-state index is 0.0826. The molecule has 1 aliphatic heterocycles. The summed E-state index contributed by atoms with van der Waals surface area (Å²) in [5.74, 6) is -0.429. The number of hydrogen-bond acceptors (Lipinski definition) is 5. The minimum atomic E-state index is -3.77. The van der Waals surface area contributed by atoms with E-state index in [1.165, 1.54) is 28.6 Å². The molecule has 1 aliphatic rings. The van der Waals surface area contributed by atoms with Crippen LogP contribution >= 0.6 is 0 Å². The second-order valence-corrected chi connectivity index (χ2v) is 9.19. The van der Waals surface area contributed by atoms with E-state index in [1.54, 1.807) is 6.07 Å². The van der Waals surface area contributed by atoms with Crippen molar-refractivity contribution in [3.8, 4) is 0 Å². The maximum atomic E-state index is 13.2. The number of nitrogens with zero attached hydrogens (tertiary/aromatic N) is 1. The summed E-state index contributed by atoms with van der Waals surface area (Å²) >= 11 is 0. The molecule has 2 aromatic rings. The second-order valence-electron chi connectivity index (χ2n) is 7.30. The Balaban J connectivity index is 1.84. The van der Waals surface area contributed by atoms with Crippen molar-refractivity contribution in [1.82, 2.24) is 9.62 Å². The van der Waals surface area contributed by atoms with E-state index in [0.717, 1.165) is 12.8 Å². The molecule has 1 aromatic heterocycles. The predicted octanol–water partition coefficient (Wildman–Crippen LogP) is 2.50. The number of sulfonamides is 1. The molecule has 0 saturated carbocycles. The van der Waals surface area contributed by atoms with Crippen molar-refractivity contribution in [2.45, 2.75) is 50.5 Å². The summed E-state index contributed by atoms with van der Waals surface area (Å²) in [6.45, 7) is 4.70. The summed E-state index contributed by atoms with van der Waals surface area (Å²) in [5.41, 5.74) is -0.143. The van der Waals surface area contributed by atoms with Gasteiger partial charge in [0.2, 0.25) is 15.9 Å². The predicted molar refractivity (Wildman–Crippen MR) is 106 cm³/mol. The highest BCUT2D eigenvalue weighted by Gasteiger charge is 2.37. The first-order chi connectivity index (χ1) is 13.3. The molecule has 2 atom stereocenters. The first-order valence-electron chi connectivity index (χ1n) is 9.66. The highest BCUT2D eigenvalue weighted by molar-refractivity contribution is 7.89. The third-order valence-corrected chi connectivity index (χ3v) is 7.20. The van der Waals surface area contributed by atoms with Gasteiger partial charge in [0.25, 0.3) is 0 Å². The molecule has 1 N–H and O–H groups in total. The molecular weight excluding hydrogens is 380 g/mol. The molecule has 3 rings (SSSR count). The van der Waals surface area contributed by atoms with Crippen LogP contribution < -0.4 is 10.9 Å². The lowest BCUT2D eigenvalue weighted by Gasteiger charge is -2.36. The van der Waals surface area contributed by atoms with Gasteiger partial charge in [0, 0.05) is 30.6 Å². The number of fused-ring (bicyclic) bond motifs is 1. The van der Waals surface area contributed by atoms with Crippen LogP contribution in [0.1, 0.15) is 39.5 Å². The van der Waals surface area contributed by atoms with Gasteiger partial charge in [0.05, 0.1) is 10.8 Å². The van der Waals surface area contributed by atoms with E-state index in [9.17, 15) is 18.0 Å². The minimum Gasteiger partial charge on any atom is -0.423 e. The van der Waals surface area contributed by atoms with E-state index in [0.29, 0.717) is 30.4 Å². The monoisotopic (exact) mass is 406 g/mol. The molecule has 0 spiro atoms. The maximum Gasteiger partial charge on any atom is 0.336 e. The molecule has 2 heterocycles. The van der Waals surface area contributed by atoms with Crippen molar-refractivity contribution >= 4 is 26.9 Å². The Hall–Kier alpha value is -2.19. The van der Waals surface area contributed by atoms with Crippen molar-refractivity contribution in [1.29, 1.82) is 0 Å². The quantitative estimate of drug-likeness (QED) is 0.587. The smallest absolute Gasteiger partial charge is 0.336 e. The third-order valence-electron chi connectivity index (χ3n) is 5.22. The molecule has 0 aliphatic carbocycles. The molecule has 2 unspecified atom stereocenters. The van der Waals surface area contributed by atoms with Crippen LogP contribution in [0.4, 0.5) is 0 Å². The topological polar surface area (TPSA) is 96.7 Å². The maximum absolute atomic E-state index is 13.2. The summed E-state index contributed by atoms with van der Waals surface area (Å²) in [7, 11) is -3.77. The van der Waals surface area contributed by atoms with Gasteiger partial charge < -0.3 is 9.73 Å². The summed E-state index contributed by atoms with van der Waals surface area (Å²) in [5, 5.41) is 3.45. The summed E-state index contributed by atoms with van der Waals surface area (Å²) in [4.78, 5) is 23.9. The number of nitrogens with one attached hydrogen (secondary N) is 1. The number of unbranched alkanes of at least 4 members (excludes halogenated alkanes) is 1. The highest BCUT2D eigenvalue weighted by atomic mass is 32.2. The van der Waals surface area contributed by atoms with E-state index in [2.05, 4.69) is 12.2 Å². The van der Waals surface area contributed by atoms with E-state index >= 15 is 0 Å². The van der Waals surface area contributed by atoms with Crippen LogP contribution in [0.15, 0.2) is 44.4 Å². The van der Waals surface area contributed by atoms with Crippen LogP contribution in [0.5, 0.6) is 0 Å². The Labute approximate surface area is 164 Å². The molecular formula is C20H26N2O5S. The molecule has 152 valence electrons. The van der Waals surface area contributed by atoms with Crippen LogP contribution in [0, 0.1) is 5.92 Å². The molecule has 1 saturated heterocycles. The number of carbonyl (C=O) groups excluding carboxylic acids is 1. The zero-order chi connectivity index (χ0) is 20.3. The average Bonchev–Trinajstić information content (AvgIpc) is 2.67. The number of amides is 1. The van der Waals surface area contributed by atoms with Crippen molar-refractivity contribution < 1.29 is 17.6 Å². The Kier molecular flexibility index (Phi) is 6.20. The molecule has 8 heteroatoms. The normalized spacial score (nSPS) is 20.9. The van der Waals surface area contributed by atoms with Gasteiger partial charge in [-0.05, 0) is 50.5 Å². The van der Waals surface area contributed by atoms with Gasteiger partial charge in [-0.2, -0.15) is 4.31 Å². The van der Waals surface area contributed by atoms with Gasteiger partial charge in [-0.3, -0.25) is 4.79 Å². The zero-order valence-corrected chi connectivity index (χ0v) is 17.0.